The van der Waals surface area contributed by atoms with Crippen LogP contribution in [0.1, 0.15) is 72.6 Å². The Labute approximate surface area is 121 Å². The molecule has 0 saturated carbocycles. The third-order valence-electron chi connectivity index (χ3n) is 3.82. The molecule has 1 nitrogen and oxygen atoms in total. The molecule has 0 aliphatic heterocycles. The van der Waals surface area contributed by atoms with E-state index < -0.39 is 0 Å². The summed E-state index contributed by atoms with van der Waals surface area (Å²) >= 11 is 0. The smallest absolute Gasteiger partial charge is 0.0138 e. The Kier molecular flexibility index (Phi) is 13.5. The van der Waals surface area contributed by atoms with E-state index in [1.54, 1.807) is 0 Å². The molecular formula is C18H35N. The second-order valence-corrected chi connectivity index (χ2v) is 5.57. The largest absolute Gasteiger partial charge is 0.313 e. The van der Waals surface area contributed by atoms with Gasteiger partial charge in [-0.15, -0.1) is 0 Å². The van der Waals surface area contributed by atoms with Crippen LogP contribution in [-0.4, -0.2) is 13.1 Å². The molecule has 0 spiro atoms. The lowest BCUT2D eigenvalue weighted by atomic mass is 9.98. The lowest BCUT2D eigenvalue weighted by Crippen LogP contribution is -2.22. The van der Waals surface area contributed by atoms with Gasteiger partial charge < -0.3 is 5.32 Å². The minimum absolute atomic E-state index is 0.859. The molecule has 0 amide bonds. The van der Waals surface area contributed by atoms with Crippen LogP contribution in [-0.2, 0) is 0 Å². The Bertz CT molecular complexity index is 240. The molecule has 0 aliphatic carbocycles. The van der Waals surface area contributed by atoms with Crippen molar-refractivity contribution in [1.82, 2.24) is 5.32 Å². The van der Waals surface area contributed by atoms with Crippen LogP contribution in [0.25, 0.3) is 0 Å². The van der Waals surface area contributed by atoms with Crippen LogP contribution in [0.4, 0.5) is 0 Å². The van der Waals surface area contributed by atoms with Gasteiger partial charge in [-0.2, -0.15) is 0 Å². The predicted octanol–water partition coefficient (Wildman–Crippen LogP) is 5.49. The average Bonchev–Trinajstić information content (AvgIpc) is 2.44. The summed E-state index contributed by atoms with van der Waals surface area (Å²) < 4.78 is 0. The zero-order valence-electron chi connectivity index (χ0n) is 13.7. The van der Waals surface area contributed by atoms with Crippen LogP contribution < -0.4 is 5.32 Å². The van der Waals surface area contributed by atoms with Gasteiger partial charge in [0.25, 0.3) is 0 Å². The predicted molar refractivity (Wildman–Crippen MR) is 88.6 cm³/mol. The lowest BCUT2D eigenvalue weighted by molar-refractivity contribution is 0.419. The van der Waals surface area contributed by atoms with Gasteiger partial charge in [0.2, 0.25) is 0 Å². The fourth-order valence-corrected chi connectivity index (χ4v) is 2.20. The number of allylic oxidation sites excluding steroid dienone is 3. The Balaban J connectivity index is 3.56. The maximum Gasteiger partial charge on any atom is 0.0138 e. The highest BCUT2D eigenvalue weighted by Crippen LogP contribution is 2.13. The molecule has 112 valence electrons. The SMILES string of the molecule is C/C=C(C)\C=C/CNCC(CC)CCCCCCC. The van der Waals surface area contributed by atoms with Crippen molar-refractivity contribution in [2.24, 2.45) is 5.92 Å². The fourth-order valence-electron chi connectivity index (χ4n) is 2.20. The highest BCUT2D eigenvalue weighted by atomic mass is 14.8. The Hall–Kier alpha value is -0.560. The first-order valence-corrected chi connectivity index (χ1v) is 8.24. The molecule has 0 saturated heterocycles. The normalized spacial score (nSPS) is 14.2. The number of rotatable bonds is 12. The van der Waals surface area contributed by atoms with E-state index in [-0.39, 0.29) is 0 Å². The molecule has 1 unspecified atom stereocenters. The number of hydrogen-bond donors (Lipinski definition) is 1. The van der Waals surface area contributed by atoms with E-state index in [4.69, 9.17) is 0 Å². The molecule has 0 rings (SSSR count). The Morgan fingerprint density at radius 3 is 2.47 bits per heavy atom. The van der Waals surface area contributed by atoms with Gasteiger partial charge in [0.05, 0.1) is 0 Å². The maximum absolute atomic E-state index is 3.55. The zero-order chi connectivity index (χ0) is 14.3. The van der Waals surface area contributed by atoms with Gasteiger partial charge in [0.1, 0.15) is 0 Å². The first-order valence-electron chi connectivity index (χ1n) is 8.24. The second kappa shape index (κ2) is 13.9. The summed E-state index contributed by atoms with van der Waals surface area (Å²) in [5.41, 5.74) is 1.34. The molecule has 0 aromatic heterocycles. The summed E-state index contributed by atoms with van der Waals surface area (Å²) in [5.74, 6) is 0.859. The van der Waals surface area contributed by atoms with E-state index in [1.807, 2.05) is 0 Å². The van der Waals surface area contributed by atoms with E-state index >= 15 is 0 Å². The molecule has 1 N–H and O–H groups in total. The number of unbranched alkanes of at least 4 members (excludes halogenated alkanes) is 4. The van der Waals surface area contributed by atoms with Crippen molar-refractivity contribution >= 4 is 0 Å². The van der Waals surface area contributed by atoms with E-state index in [0.29, 0.717) is 0 Å². The molecule has 0 aliphatic rings. The van der Waals surface area contributed by atoms with E-state index in [9.17, 15) is 0 Å². The highest BCUT2D eigenvalue weighted by molar-refractivity contribution is 5.14. The molecular weight excluding hydrogens is 230 g/mol. The molecule has 0 bridgehead atoms. The van der Waals surface area contributed by atoms with Crippen LogP contribution in [0.15, 0.2) is 23.8 Å². The van der Waals surface area contributed by atoms with Crippen molar-refractivity contribution in [3.63, 3.8) is 0 Å². The van der Waals surface area contributed by atoms with E-state index in [0.717, 1.165) is 12.5 Å². The van der Waals surface area contributed by atoms with Crippen molar-refractivity contribution in [3.05, 3.63) is 23.8 Å². The second-order valence-electron chi connectivity index (χ2n) is 5.57. The van der Waals surface area contributed by atoms with E-state index in [1.165, 1.54) is 57.1 Å². The molecule has 0 aromatic carbocycles. The van der Waals surface area contributed by atoms with Gasteiger partial charge in [-0.1, -0.05) is 76.2 Å². The Morgan fingerprint density at radius 2 is 1.84 bits per heavy atom. The van der Waals surface area contributed by atoms with Crippen molar-refractivity contribution < 1.29 is 0 Å². The molecule has 19 heavy (non-hydrogen) atoms. The van der Waals surface area contributed by atoms with Crippen LogP contribution >= 0.6 is 0 Å². The van der Waals surface area contributed by atoms with Gasteiger partial charge >= 0.3 is 0 Å². The van der Waals surface area contributed by atoms with Gasteiger partial charge in [-0.25, -0.2) is 0 Å². The molecule has 0 radical (unpaired) electrons. The summed E-state index contributed by atoms with van der Waals surface area (Å²) in [4.78, 5) is 0. The summed E-state index contributed by atoms with van der Waals surface area (Å²) in [5, 5.41) is 3.55. The maximum atomic E-state index is 3.55. The summed E-state index contributed by atoms with van der Waals surface area (Å²) in [7, 11) is 0. The topological polar surface area (TPSA) is 12.0 Å². The van der Waals surface area contributed by atoms with Crippen LogP contribution in [0.3, 0.4) is 0 Å². The molecule has 1 heteroatoms. The van der Waals surface area contributed by atoms with Crippen LogP contribution in [0.5, 0.6) is 0 Å². The minimum atomic E-state index is 0.859. The molecule has 0 aromatic rings. The van der Waals surface area contributed by atoms with Crippen LogP contribution in [0, 0.1) is 5.92 Å². The van der Waals surface area contributed by atoms with Gasteiger partial charge in [-0.3, -0.25) is 0 Å². The first-order chi connectivity index (χ1) is 9.24. The van der Waals surface area contributed by atoms with Crippen molar-refractivity contribution in [2.75, 3.05) is 13.1 Å². The average molecular weight is 265 g/mol. The first kappa shape index (κ1) is 18.4. The zero-order valence-corrected chi connectivity index (χ0v) is 13.7. The summed E-state index contributed by atoms with van der Waals surface area (Å²) in [6.07, 6.45) is 16.3. The van der Waals surface area contributed by atoms with Crippen LogP contribution in [0.2, 0.25) is 0 Å². The monoisotopic (exact) mass is 265 g/mol. The lowest BCUT2D eigenvalue weighted by Gasteiger charge is -2.14. The number of hydrogen-bond acceptors (Lipinski definition) is 1. The van der Waals surface area contributed by atoms with Gasteiger partial charge in [0, 0.05) is 6.54 Å². The third-order valence-corrected chi connectivity index (χ3v) is 3.82. The standard InChI is InChI=1S/C18H35N/c1-5-8-9-10-11-14-18(7-3)16-19-15-12-13-17(4)6-2/h6,12-13,18-19H,5,7-11,14-16H2,1-4H3/b13-12-,17-6-. The van der Waals surface area contributed by atoms with Crippen molar-refractivity contribution in [1.29, 1.82) is 0 Å². The molecule has 0 fully saturated rings. The fraction of sp³-hybridized carbons (Fsp3) is 0.778. The van der Waals surface area contributed by atoms with E-state index in [2.05, 4.69) is 51.2 Å². The minimum Gasteiger partial charge on any atom is -0.313 e. The van der Waals surface area contributed by atoms with Crippen molar-refractivity contribution in [3.8, 4) is 0 Å². The summed E-state index contributed by atoms with van der Waals surface area (Å²) in [6, 6.07) is 0. The Morgan fingerprint density at radius 1 is 1.11 bits per heavy atom. The molecule has 0 heterocycles. The quantitative estimate of drug-likeness (QED) is 0.364. The third kappa shape index (κ3) is 12.2. The number of nitrogens with one attached hydrogen (secondary N) is 1. The highest BCUT2D eigenvalue weighted by Gasteiger charge is 2.04. The van der Waals surface area contributed by atoms with Crippen molar-refractivity contribution in [2.45, 2.75) is 72.6 Å². The van der Waals surface area contributed by atoms with Gasteiger partial charge in [0.15, 0.2) is 0 Å². The molecule has 1 atom stereocenters. The van der Waals surface area contributed by atoms with Gasteiger partial charge in [-0.05, 0) is 32.7 Å². The summed E-state index contributed by atoms with van der Waals surface area (Å²) in [6.45, 7) is 11.0.